The smallest absolute Gasteiger partial charge is 0.0670 e. The van der Waals surface area contributed by atoms with E-state index in [0.717, 1.165) is 13.1 Å². The molecule has 1 aliphatic carbocycles. The Morgan fingerprint density at radius 1 is 1.41 bits per heavy atom. The van der Waals surface area contributed by atoms with Gasteiger partial charge in [-0.15, -0.1) is 0 Å². The maximum atomic E-state index is 5.43. The Kier molecular flexibility index (Phi) is 4.45. The molecule has 3 heteroatoms. The van der Waals surface area contributed by atoms with Crippen molar-refractivity contribution in [3.05, 3.63) is 0 Å². The molecule has 2 atom stereocenters. The fourth-order valence-electron chi connectivity index (χ4n) is 3.44. The lowest BCUT2D eigenvalue weighted by Crippen LogP contribution is -2.63. The predicted molar refractivity (Wildman–Crippen MR) is 71.3 cm³/mol. The first-order valence-electron chi connectivity index (χ1n) is 7.21. The zero-order chi connectivity index (χ0) is 12.3. The molecule has 2 aliphatic rings. The summed E-state index contributed by atoms with van der Waals surface area (Å²) >= 11 is 0. The third kappa shape index (κ3) is 3.01. The lowest BCUT2D eigenvalue weighted by Gasteiger charge is -2.47. The normalized spacial score (nSPS) is 30.9. The van der Waals surface area contributed by atoms with Gasteiger partial charge in [0.05, 0.1) is 6.10 Å². The summed E-state index contributed by atoms with van der Waals surface area (Å²) in [6, 6.07) is 0.693. The SMILES string of the molecule is CCC1CNC2(CCCC2)CN1CC(C)OC. The van der Waals surface area contributed by atoms with Crippen LogP contribution in [0.2, 0.25) is 0 Å². The van der Waals surface area contributed by atoms with Gasteiger partial charge in [-0.3, -0.25) is 4.90 Å². The number of hydrogen-bond acceptors (Lipinski definition) is 3. The molecule has 1 saturated heterocycles. The third-order valence-electron chi connectivity index (χ3n) is 4.66. The van der Waals surface area contributed by atoms with Crippen molar-refractivity contribution >= 4 is 0 Å². The van der Waals surface area contributed by atoms with E-state index in [2.05, 4.69) is 24.1 Å². The largest absolute Gasteiger partial charge is 0.380 e. The molecule has 1 N–H and O–H groups in total. The van der Waals surface area contributed by atoms with E-state index in [4.69, 9.17) is 4.74 Å². The van der Waals surface area contributed by atoms with Gasteiger partial charge in [-0.05, 0) is 26.2 Å². The van der Waals surface area contributed by atoms with Crippen LogP contribution < -0.4 is 5.32 Å². The van der Waals surface area contributed by atoms with Gasteiger partial charge in [0.25, 0.3) is 0 Å². The first-order valence-corrected chi connectivity index (χ1v) is 7.21. The van der Waals surface area contributed by atoms with Crippen molar-refractivity contribution in [2.45, 2.75) is 63.6 Å². The molecule has 100 valence electrons. The van der Waals surface area contributed by atoms with E-state index in [-0.39, 0.29) is 0 Å². The van der Waals surface area contributed by atoms with Gasteiger partial charge in [0, 0.05) is 38.3 Å². The summed E-state index contributed by atoms with van der Waals surface area (Å²) in [5, 5.41) is 3.83. The molecule has 1 heterocycles. The molecule has 0 bridgehead atoms. The molecule has 1 saturated carbocycles. The summed E-state index contributed by atoms with van der Waals surface area (Å²) in [6.07, 6.45) is 7.11. The lowest BCUT2D eigenvalue weighted by molar-refractivity contribution is 0.0204. The summed E-state index contributed by atoms with van der Waals surface area (Å²) in [5.74, 6) is 0. The summed E-state index contributed by atoms with van der Waals surface area (Å²) < 4.78 is 5.43. The van der Waals surface area contributed by atoms with Gasteiger partial charge in [0.2, 0.25) is 0 Å². The molecule has 0 aromatic heterocycles. The number of nitrogens with zero attached hydrogens (tertiary/aromatic N) is 1. The van der Waals surface area contributed by atoms with Gasteiger partial charge in [0.15, 0.2) is 0 Å². The number of nitrogens with one attached hydrogen (secondary N) is 1. The molecule has 0 radical (unpaired) electrons. The van der Waals surface area contributed by atoms with E-state index in [0.29, 0.717) is 17.7 Å². The maximum Gasteiger partial charge on any atom is 0.0670 e. The number of methoxy groups -OCH3 is 1. The number of rotatable bonds is 4. The van der Waals surface area contributed by atoms with Crippen LogP contribution in [0.1, 0.15) is 46.0 Å². The molecule has 0 aromatic carbocycles. The van der Waals surface area contributed by atoms with E-state index < -0.39 is 0 Å². The van der Waals surface area contributed by atoms with Gasteiger partial charge in [-0.1, -0.05) is 19.8 Å². The number of piperazine rings is 1. The molecule has 2 unspecified atom stereocenters. The topological polar surface area (TPSA) is 24.5 Å². The number of ether oxygens (including phenoxy) is 1. The second kappa shape index (κ2) is 5.68. The second-order valence-electron chi connectivity index (χ2n) is 5.91. The monoisotopic (exact) mass is 240 g/mol. The Morgan fingerprint density at radius 2 is 2.12 bits per heavy atom. The highest BCUT2D eigenvalue weighted by molar-refractivity contribution is 5.00. The standard InChI is InChI=1S/C14H28N2O/c1-4-13-9-15-14(7-5-6-8-14)11-16(13)10-12(2)17-3/h12-13,15H,4-11H2,1-3H3. The molecular weight excluding hydrogens is 212 g/mol. The van der Waals surface area contributed by atoms with Crippen LogP contribution in [0.25, 0.3) is 0 Å². The van der Waals surface area contributed by atoms with Crippen LogP contribution in [-0.4, -0.2) is 49.3 Å². The Morgan fingerprint density at radius 3 is 2.71 bits per heavy atom. The minimum Gasteiger partial charge on any atom is -0.380 e. The molecule has 0 amide bonds. The molecule has 1 aliphatic heterocycles. The van der Waals surface area contributed by atoms with Gasteiger partial charge in [-0.25, -0.2) is 0 Å². The fraction of sp³-hybridized carbons (Fsp3) is 1.00. The quantitative estimate of drug-likeness (QED) is 0.813. The Hall–Kier alpha value is -0.120. The first kappa shape index (κ1) is 13.3. The molecule has 0 aromatic rings. The third-order valence-corrected chi connectivity index (χ3v) is 4.66. The van der Waals surface area contributed by atoms with Crippen molar-refractivity contribution in [2.75, 3.05) is 26.7 Å². The molecule has 2 rings (SSSR count). The lowest BCUT2D eigenvalue weighted by atomic mass is 9.91. The fourth-order valence-corrected chi connectivity index (χ4v) is 3.44. The highest BCUT2D eigenvalue weighted by Crippen LogP contribution is 2.33. The van der Waals surface area contributed by atoms with Crippen molar-refractivity contribution in [3.63, 3.8) is 0 Å². The average molecular weight is 240 g/mol. The minimum absolute atomic E-state index is 0.348. The molecule has 17 heavy (non-hydrogen) atoms. The summed E-state index contributed by atoms with van der Waals surface area (Å²) in [6.45, 7) is 7.93. The predicted octanol–water partition coefficient (Wildman–Crippen LogP) is 2.02. The Balaban J connectivity index is 1.98. The molecule has 1 spiro atoms. The van der Waals surface area contributed by atoms with Gasteiger partial charge in [-0.2, -0.15) is 0 Å². The summed E-state index contributed by atoms with van der Waals surface area (Å²) in [7, 11) is 1.82. The van der Waals surface area contributed by atoms with Crippen molar-refractivity contribution in [1.29, 1.82) is 0 Å². The van der Waals surface area contributed by atoms with Crippen molar-refractivity contribution in [2.24, 2.45) is 0 Å². The van der Waals surface area contributed by atoms with Crippen LogP contribution in [0.15, 0.2) is 0 Å². The zero-order valence-electron chi connectivity index (χ0n) is 11.7. The number of hydrogen-bond donors (Lipinski definition) is 1. The second-order valence-corrected chi connectivity index (χ2v) is 5.91. The summed E-state index contributed by atoms with van der Waals surface area (Å²) in [4.78, 5) is 2.66. The minimum atomic E-state index is 0.348. The highest BCUT2D eigenvalue weighted by Gasteiger charge is 2.40. The van der Waals surface area contributed by atoms with Crippen LogP contribution in [-0.2, 0) is 4.74 Å². The van der Waals surface area contributed by atoms with Crippen LogP contribution >= 0.6 is 0 Å². The van der Waals surface area contributed by atoms with Gasteiger partial charge < -0.3 is 10.1 Å². The van der Waals surface area contributed by atoms with Crippen LogP contribution in [0.5, 0.6) is 0 Å². The van der Waals surface area contributed by atoms with Crippen molar-refractivity contribution in [3.8, 4) is 0 Å². The van der Waals surface area contributed by atoms with Crippen LogP contribution in [0.3, 0.4) is 0 Å². The molecule has 3 nitrogen and oxygen atoms in total. The van der Waals surface area contributed by atoms with E-state index in [1.807, 2.05) is 7.11 Å². The Labute approximate surface area is 106 Å². The van der Waals surface area contributed by atoms with Crippen LogP contribution in [0.4, 0.5) is 0 Å². The van der Waals surface area contributed by atoms with Crippen molar-refractivity contribution < 1.29 is 4.74 Å². The first-order chi connectivity index (χ1) is 8.19. The molecular formula is C14H28N2O. The average Bonchev–Trinajstić information content (AvgIpc) is 2.78. The van der Waals surface area contributed by atoms with Gasteiger partial charge >= 0.3 is 0 Å². The van der Waals surface area contributed by atoms with E-state index >= 15 is 0 Å². The molecule has 2 fully saturated rings. The summed E-state index contributed by atoms with van der Waals surface area (Å²) in [5.41, 5.74) is 0.430. The van der Waals surface area contributed by atoms with Crippen LogP contribution in [0, 0.1) is 0 Å². The van der Waals surface area contributed by atoms with Crippen molar-refractivity contribution in [1.82, 2.24) is 10.2 Å². The van der Waals surface area contributed by atoms with Gasteiger partial charge in [0.1, 0.15) is 0 Å². The highest BCUT2D eigenvalue weighted by atomic mass is 16.5. The zero-order valence-corrected chi connectivity index (χ0v) is 11.7. The van der Waals surface area contributed by atoms with E-state index in [1.165, 1.54) is 38.6 Å². The maximum absolute atomic E-state index is 5.43. The van der Waals surface area contributed by atoms with E-state index in [1.54, 1.807) is 0 Å². The Bertz CT molecular complexity index is 238. The van der Waals surface area contributed by atoms with E-state index in [9.17, 15) is 0 Å².